The van der Waals surface area contributed by atoms with Crippen LogP contribution in [0.2, 0.25) is 0 Å². The average Bonchev–Trinajstić information content (AvgIpc) is 2.29. The number of fused-ring (bicyclic) bond motifs is 3. The summed E-state index contributed by atoms with van der Waals surface area (Å²) < 4.78 is 0. The zero-order valence-corrected chi connectivity index (χ0v) is 7.93. The first-order chi connectivity index (χ1) is 6.95. The number of hydrogen-bond acceptors (Lipinski definition) is 0. The summed E-state index contributed by atoms with van der Waals surface area (Å²) in [6, 6.07) is 0. The molecule has 0 heterocycles. The van der Waals surface area contributed by atoms with E-state index >= 15 is 0 Å². The molecule has 0 aromatic carbocycles. The smallest absolute Gasteiger partial charge is 0.0125 e. The van der Waals surface area contributed by atoms with E-state index in [1.54, 1.807) is 0 Å². The van der Waals surface area contributed by atoms with Crippen LogP contribution in [0.3, 0.4) is 0 Å². The van der Waals surface area contributed by atoms with Crippen LogP contribution < -0.4 is 0 Å². The van der Waals surface area contributed by atoms with Gasteiger partial charge in [-0.1, -0.05) is 60.8 Å². The van der Waals surface area contributed by atoms with E-state index in [4.69, 9.17) is 0 Å². The SMILES string of the molecule is C1=CC2=CC=C3C=CC=CC3C2C=C1. The molecule has 0 spiro atoms. The van der Waals surface area contributed by atoms with E-state index < -0.39 is 0 Å². The first-order valence-corrected chi connectivity index (χ1v) is 5.07. The third kappa shape index (κ3) is 1.07. The van der Waals surface area contributed by atoms with Crippen LogP contribution in [0.5, 0.6) is 0 Å². The fourth-order valence-corrected chi connectivity index (χ4v) is 2.33. The van der Waals surface area contributed by atoms with Crippen molar-refractivity contribution in [1.29, 1.82) is 0 Å². The monoisotopic (exact) mass is 180 g/mol. The van der Waals surface area contributed by atoms with Crippen molar-refractivity contribution < 1.29 is 0 Å². The van der Waals surface area contributed by atoms with E-state index in [2.05, 4.69) is 60.8 Å². The molecule has 0 fully saturated rings. The Morgan fingerprint density at radius 2 is 1.14 bits per heavy atom. The molecule has 3 rings (SSSR count). The van der Waals surface area contributed by atoms with Gasteiger partial charge in [-0.25, -0.2) is 0 Å². The summed E-state index contributed by atoms with van der Waals surface area (Å²) in [5.41, 5.74) is 2.86. The molecule has 2 atom stereocenters. The molecule has 0 amide bonds. The molecule has 0 saturated heterocycles. The van der Waals surface area contributed by atoms with Gasteiger partial charge in [0.2, 0.25) is 0 Å². The van der Waals surface area contributed by atoms with Gasteiger partial charge in [0, 0.05) is 11.8 Å². The van der Waals surface area contributed by atoms with Crippen LogP contribution in [0.15, 0.2) is 71.9 Å². The Balaban J connectivity index is 2.08. The van der Waals surface area contributed by atoms with Gasteiger partial charge < -0.3 is 0 Å². The molecule has 0 radical (unpaired) electrons. The summed E-state index contributed by atoms with van der Waals surface area (Å²) in [7, 11) is 0. The molecular weight excluding hydrogens is 168 g/mol. The fourth-order valence-electron chi connectivity index (χ4n) is 2.33. The lowest BCUT2D eigenvalue weighted by atomic mass is 9.74. The van der Waals surface area contributed by atoms with Crippen molar-refractivity contribution in [3.63, 3.8) is 0 Å². The quantitative estimate of drug-likeness (QED) is 0.536. The Morgan fingerprint density at radius 1 is 0.643 bits per heavy atom. The lowest BCUT2D eigenvalue weighted by Gasteiger charge is -2.30. The summed E-state index contributed by atoms with van der Waals surface area (Å²) in [6.45, 7) is 0. The van der Waals surface area contributed by atoms with Gasteiger partial charge in [-0.3, -0.25) is 0 Å². The Morgan fingerprint density at radius 3 is 1.64 bits per heavy atom. The Labute approximate surface area is 84.3 Å². The lowest BCUT2D eigenvalue weighted by Crippen LogP contribution is -2.19. The second kappa shape index (κ2) is 2.98. The molecule has 14 heavy (non-hydrogen) atoms. The van der Waals surface area contributed by atoms with Crippen LogP contribution in [-0.4, -0.2) is 0 Å². The van der Waals surface area contributed by atoms with Gasteiger partial charge >= 0.3 is 0 Å². The second-order valence-corrected chi connectivity index (χ2v) is 3.87. The summed E-state index contributed by atoms with van der Waals surface area (Å²) in [5.74, 6) is 1.11. The number of hydrogen-bond donors (Lipinski definition) is 0. The molecule has 0 aromatic heterocycles. The zero-order valence-electron chi connectivity index (χ0n) is 7.93. The van der Waals surface area contributed by atoms with Crippen LogP contribution in [0.1, 0.15) is 0 Å². The van der Waals surface area contributed by atoms with Crippen molar-refractivity contribution >= 4 is 0 Å². The molecule has 0 heteroatoms. The molecular formula is C14H12. The molecule has 0 aromatic rings. The predicted molar refractivity (Wildman–Crippen MR) is 59.7 cm³/mol. The van der Waals surface area contributed by atoms with Crippen LogP contribution in [0.4, 0.5) is 0 Å². The maximum Gasteiger partial charge on any atom is 0.0125 e. The highest BCUT2D eigenvalue weighted by Gasteiger charge is 2.26. The summed E-state index contributed by atoms with van der Waals surface area (Å²) in [4.78, 5) is 0. The van der Waals surface area contributed by atoms with E-state index in [-0.39, 0.29) is 0 Å². The Bertz CT molecular complexity index is 383. The summed E-state index contributed by atoms with van der Waals surface area (Å²) in [5, 5.41) is 0. The Hall–Kier alpha value is -1.56. The second-order valence-electron chi connectivity index (χ2n) is 3.87. The largest absolute Gasteiger partial charge is 0.0761 e. The highest BCUT2D eigenvalue weighted by Crippen LogP contribution is 2.37. The van der Waals surface area contributed by atoms with Crippen LogP contribution in [0.25, 0.3) is 0 Å². The molecule has 0 aliphatic heterocycles. The normalized spacial score (nSPS) is 32.0. The van der Waals surface area contributed by atoms with Gasteiger partial charge in [-0.2, -0.15) is 0 Å². The summed E-state index contributed by atoms with van der Waals surface area (Å²) >= 11 is 0. The van der Waals surface area contributed by atoms with Gasteiger partial charge in [-0.05, 0) is 11.1 Å². The molecule has 2 unspecified atom stereocenters. The molecule has 0 bridgehead atoms. The molecule has 3 aliphatic rings. The van der Waals surface area contributed by atoms with Crippen LogP contribution >= 0.6 is 0 Å². The minimum atomic E-state index is 0.557. The molecule has 0 saturated carbocycles. The zero-order chi connectivity index (χ0) is 9.38. The minimum Gasteiger partial charge on any atom is -0.0761 e. The van der Waals surface area contributed by atoms with Crippen molar-refractivity contribution in [3.8, 4) is 0 Å². The maximum absolute atomic E-state index is 2.30. The Kier molecular flexibility index (Phi) is 1.66. The summed E-state index contributed by atoms with van der Waals surface area (Å²) in [6.07, 6.45) is 22.0. The molecule has 3 aliphatic carbocycles. The maximum atomic E-state index is 2.30. The first-order valence-electron chi connectivity index (χ1n) is 5.07. The van der Waals surface area contributed by atoms with Crippen molar-refractivity contribution in [3.05, 3.63) is 71.9 Å². The lowest BCUT2D eigenvalue weighted by molar-refractivity contribution is 0.615. The fraction of sp³-hybridized carbons (Fsp3) is 0.143. The highest BCUT2D eigenvalue weighted by molar-refractivity contribution is 5.48. The number of allylic oxidation sites excluding steroid dienone is 12. The minimum absolute atomic E-state index is 0.557. The predicted octanol–water partition coefficient (Wildman–Crippen LogP) is 3.34. The van der Waals surface area contributed by atoms with E-state index in [1.807, 2.05) is 0 Å². The average molecular weight is 180 g/mol. The first kappa shape index (κ1) is 7.81. The van der Waals surface area contributed by atoms with Crippen molar-refractivity contribution in [2.45, 2.75) is 0 Å². The van der Waals surface area contributed by atoms with E-state index in [1.165, 1.54) is 11.1 Å². The number of rotatable bonds is 0. The molecule has 0 nitrogen and oxygen atoms in total. The van der Waals surface area contributed by atoms with Gasteiger partial charge in [0.25, 0.3) is 0 Å². The van der Waals surface area contributed by atoms with Gasteiger partial charge in [0.15, 0.2) is 0 Å². The molecule has 68 valence electrons. The standard InChI is InChI=1S/C14H12/c1-3-7-13-11(5-1)9-10-12-6-2-4-8-14(12)13/h1-10,13-14H. The van der Waals surface area contributed by atoms with Gasteiger partial charge in [0.05, 0.1) is 0 Å². The highest BCUT2D eigenvalue weighted by atomic mass is 14.3. The molecule has 0 N–H and O–H groups in total. The topological polar surface area (TPSA) is 0 Å². The van der Waals surface area contributed by atoms with Crippen LogP contribution in [-0.2, 0) is 0 Å². The van der Waals surface area contributed by atoms with Gasteiger partial charge in [-0.15, -0.1) is 0 Å². The van der Waals surface area contributed by atoms with Crippen molar-refractivity contribution in [1.82, 2.24) is 0 Å². The van der Waals surface area contributed by atoms with Crippen molar-refractivity contribution in [2.75, 3.05) is 0 Å². The van der Waals surface area contributed by atoms with Crippen LogP contribution in [0, 0.1) is 11.8 Å². The van der Waals surface area contributed by atoms with E-state index in [9.17, 15) is 0 Å². The van der Waals surface area contributed by atoms with Gasteiger partial charge in [0.1, 0.15) is 0 Å². The van der Waals surface area contributed by atoms with E-state index in [0.717, 1.165) is 0 Å². The van der Waals surface area contributed by atoms with E-state index in [0.29, 0.717) is 11.8 Å². The van der Waals surface area contributed by atoms with Crippen molar-refractivity contribution in [2.24, 2.45) is 11.8 Å². The third-order valence-electron chi connectivity index (χ3n) is 3.06. The third-order valence-corrected chi connectivity index (χ3v) is 3.06.